The summed E-state index contributed by atoms with van der Waals surface area (Å²) in [6.45, 7) is -0.946. The number of aliphatic hydroxyl groups is 2. The zero-order valence-corrected chi connectivity index (χ0v) is 18.9. The van der Waals surface area contributed by atoms with Crippen molar-refractivity contribution in [3.63, 3.8) is 0 Å². The third kappa shape index (κ3) is 13.2. The number of rotatable bonds is 19. The third-order valence-corrected chi connectivity index (χ3v) is 5.10. The molecule has 12 nitrogen and oxygen atoms in total. The van der Waals surface area contributed by atoms with Gasteiger partial charge in [0.1, 0.15) is 17.7 Å². The molecule has 0 radical (unpaired) electrons. The quantitative estimate of drug-likeness (QED) is 0.0470. The Morgan fingerprint density at radius 1 is 0.688 bits per heavy atom. The van der Waals surface area contributed by atoms with Crippen molar-refractivity contribution in [1.82, 2.24) is 0 Å². The van der Waals surface area contributed by atoms with Crippen LogP contribution in [0.15, 0.2) is 9.98 Å². The molecule has 2 atom stereocenters. The van der Waals surface area contributed by atoms with Crippen LogP contribution in [-0.4, -0.2) is 64.7 Å². The van der Waals surface area contributed by atoms with Crippen LogP contribution in [-0.2, 0) is 9.59 Å². The maximum absolute atomic E-state index is 12.3. The molecule has 0 fully saturated rings. The molecule has 0 saturated carbocycles. The Morgan fingerprint density at radius 3 is 1.53 bits per heavy atom. The summed E-state index contributed by atoms with van der Waals surface area (Å²) in [5.41, 5.74) is 31.2. The summed E-state index contributed by atoms with van der Waals surface area (Å²) in [6, 6.07) is -2.01. The lowest BCUT2D eigenvalue weighted by Crippen LogP contribution is -2.60. The molecular weight excluding hydrogens is 416 g/mol. The summed E-state index contributed by atoms with van der Waals surface area (Å²) >= 11 is 0. The molecule has 0 aromatic rings. The first-order valence-corrected chi connectivity index (χ1v) is 11.1. The van der Waals surface area contributed by atoms with Crippen LogP contribution < -0.4 is 34.4 Å². The van der Waals surface area contributed by atoms with Gasteiger partial charge in [0.05, 0.1) is 13.2 Å². The largest absolute Gasteiger partial charge is 0.394 e. The van der Waals surface area contributed by atoms with Gasteiger partial charge in [-0.2, -0.15) is 0 Å². The number of unbranched alkanes of at least 4 members (excludes halogenated alkanes) is 8. The lowest BCUT2D eigenvalue weighted by Gasteiger charge is -2.25. The number of hydrogen-bond acceptors (Lipinski definition) is 8. The zero-order valence-electron chi connectivity index (χ0n) is 18.9. The standard InChI is InChI=1S/C20H42N8O4/c21-18(22)27-14(12-29)16(31)10-8-6-4-2-1-3-5-7-9-11-20(25,26)17(32)15(13-30)28-19(23)24/h14-15,29-30H,1-13,25-26H2,(H4,21,22,27)(H4,23,24,28)/t14-,15-/m0/s1. The van der Waals surface area contributed by atoms with Crippen molar-refractivity contribution >= 4 is 23.5 Å². The number of hydrogen-bond donors (Lipinski definition) is 8. The average molecular weight is 459 g/mol. The molecule has 0 amide bonds. The van der Waals surface area contributed by atoms with Crippen LogP contribution in [0.4, 0.5) is 0 Å². The van der Waals surface area contributed by atoms with Crippen LogP contribution in [0.1, 0.15) is 70.6 Å². The van der Waals surface area contributed by atoms with Gasteiger partial charge in [-0.3, -0.25) is 9.59 Å². The van der Waals surface area contributed by atoms with E-state index in [0.29, 0.717) is 12.8 Å². The highest BCUT2D eigenvalue weighted by Gasteiger charge is 2.34. The van der Waals surface area contributed by atoms with Gasteiger partial charge in [0.15, 0.2) is 23.5 Å². The number of nitrogens with two attached hydrogens (primary N) is 6. The summed E-state index contributed by atoms with van der Waals surface area (Å²) in [6.07, 6.45) is 9.09. The Balaban J connectivity index is 3.88. The van der Waals surface area contributed by atoms with Crippen LogP contribution in [0.3, 0.4) is 0 Å². The topological polar surface area (TPSA) is 255 Å². The van der Waals surface area contributed by atoms with E-state index in [2.05, 4.69) is 9.98 Å². The van der Waals surface area contributed by atoms with E-state index < -0.39 is 36.7 Å². The molecule has 12 heteroatoms. The zero-order chi connectivity index (χ0) is 24.6. The second-order valence-electron chi connectivity index (χ2n) is 8.06. The first-order chi connectivity index (χ1) is 15.0. The van der Waals surface area contributed by atoms with Crippen molar-refractivity contribution in [2.45, 2.75) is 88.4 Å². The molecule has 0 rings (SSSR count). The predicted octanol–water partition coefficient (Wildman–Crippen LogP) is -1.70. The van der Waals surface area contributed by atoms with E-state index in [0.717, 1.165) is 51.4 Å². The van der Waals surface area contributed by atoms with Gasteiger partial charge in [-0.05, 0) is 19.3 Å². The first-order valence-electron chi connectivity index (χ1n) is 11.1. The van der Waals surface area contributed by atoms with Gasteiger partial charge < -0.3 is 44.6 Å². The molecule has 0 aromatic carbocycles. The molecule has 0 aliphatic carbocycles. The molecule has 0 aliphatic rings. The van der Waals surface area contributed by atoms with Gasteiger partial charge in [0.2, 0.25) is 0 Å². The highest BCUT2D eigenvalue weighted by atomic mass is 16.3. The lowest BCUT2D eigenvalue weighted by molar-refractivity contribution is -0.126. The van der Waals surface area contributed by atoms with Gasteiger partial charge >= 0.3 is 0 Å². The SMILES string of the molecule is NC(N)=N[C@@H](CO)C(=O)CCCCCCCCCCCC(N)(N)C(=O)[C@H](CO)N=C(N)N. The fraction of sp³-hybridized carbons (Fsp3) is 0.800. The Morgan fingerprint density at radius 2 is 1.09 bits per heavy atom. The fourth-order valence-corrected chi connectivity index (χ4v) is 3.31. The minimum absolute atomic E-state index is 0.154. The molecule has 0 saturated heterocycles. The average Bonchev–Trinajstić information content (AvgIpc) is 2.72. The number of Topliss-reactive ketones (excluding diaryl/α,β-unsaturated/α-hetero) is 2. The van der Waals surface area contributed by atoms with E-state index in [4.69, 9.17) is 39.5 Å². The maximum atomic E-state index is 12.3. The van der Waals surface area contributed by atoms with Gasteiger partial charge in [-0.25, -0.2) is 9.98 Å². The monoisotopic (exact) mass is 458 g/mol. The van der Waals surface area contributed by atoms with E-state index in [-0.39, 0.29) is 24.1 Å². The van der Waals surface area contributed by atoms with Crippen molar-refractivity contribution in [2.75, 3.05) is 13.2 Å². The Bertz CT molecular complexity index is 617. The third-order valence-electron chi connectivity index (χ3n) is 5.10. The molecule has 0 aromatic heterocycles. The molecule has 14 N–H and O–H groups in total. The molecular formula is C20H42N8O4. The van der Waals surface area contributed by atoms with Crippen LogP contribution in [0.2, 0.25) is 0 Å². The summed E-state index contributed by atoms with van der Waals surface area (Å²) < 4.78 is 0. The van der Waals surface area contributed by atoms with Gasteiger partial charge in [-0.15, -0.1) is 0 Å². The molecule has 0 aliphatic heterocycles. The van der Waals surface area contributed by atoms with E-state index in [9.17, 15) is 14.7 Å². The minimum Gasteiger partial charge on any atom is -0.394 e. The van der Waals surface area contributed by atoms with Crippen LogP contribution in [0.25, 0.3) is 0 Å². The van der Waals surface area contributed by atoms with Crippen LogP contribution in [0.5, 0.6) is 0 Å². The highest BCUT2D eigenvalue weighted by molar-refractivity contribution is 5.94. The van der Waals surface area contributed by atoms with E-state index in [1.54, 1.807) is 0 Å². The van der Waals surface area contributed by atoms with E-state index in [1.165, 1.54) is 0 Å². The number of aliphatic hydroxyl groups excluding tert-OH is 2. The Hall–Kier alpha value is -2.28. The number of ketones is 2. The van der Waals surface area contributed by atoms with Crippen molar-refractivity contribution in [3.05, 3.63) is 0 Å². The molecule has 0 spiro atoms. The van der Waals surface area contributed by atoms with Crippen molar-refractivity contribution in [1.29, 1.82) is 0 Å². The van der Waals surface area contributed by atoms with Gasteiger partial charge in [0, 0.05) is 6.42 Å². The molecule has 0 heterocycles. The Kier molecular flexibility index (Phi) is 15.2. The summed E-state index contributed by atoms with van der Waals surface area (Å²) in [5, 5.41) is 18.4. The minimum atomic E-state index is -1.58. The second-order valence-corrected chi connectivity index (χ2v) is 8.06. The van der Waals surface area contributed by atoms with Gasteiger partial charge in [-0.1, -0.05) is 44.9 Å². The summed E-state index contributed by atoms with van der Waals surface area (Å²) in [5.74, 6) is -1.25. The molecule has 32 heavy (non-hydrogen) atoms. The summed E-state index contributed by atoms with van der Waals surface area (Å²) in [4.78, 5) is 31.6. The number of carbonyl (C=O) groups is 2. The van der Waals surface area contributed by atoms with Crippen LogP contribution >= 0.6 is 0 Å². The lowest BCUT2D eigenvalue weighted by atomic mass is 9.94. The second kappa shape index (κ2) is 16.4. The molecule has 186 valence electrons. The predicted molar refractivity (Wildman–Crippen MR) is 125 cm³/mol. The van der Waals surface area contributed by atoms with Gasteiger partial charge in [0.25, 0.3) is 0 Å². The van der Waals surface area contributed by atoms with Crippen molar-refractivity contribution in [2.24, 2.45) is 44.4 Å². The maximum Gasteiger partial charge on any atom is 0.193 e. The summed E-state index contributed by atoms with van der Waals surface area (Å²) in [7, 11) is 0. The Labute approximate surface area is 189 Å². The van der Waals surface area contributed by atoms with Crippen molar-refractivity contribution in [3.8, 4) is 0 Å². The van der Waals surface area contributed by atoms with Crippen LogP contribution in [0, 0.1) is 0 Å². The smallest absolute Gasteiger partial charge is 0.193 e. The molecule has 0 bridgehead atoms. The fourth-order valence-electron chi connectivity index (χ4n) is 3.31. The number of carbonyl (C=O) groups excluding carboxylic acids is 2. The number of aliphatic imine (C=N–C) groups is 2. The van der Waals surface area contributed by atoms with E-state index >= 15 is 0 Å². The highest BCUT2D eigenvalue weighted by Crippen LogP contribution is 2.15. The normalized spacial score (nSPS) is 13.2. The molecule has 0 unspecified atom stereocenters. The number of nitrogens with zero attached hydrogens (tertiary/aromatic N) is 2. The first kappa shape index (κ1) is 29.7. The van der Waals surface area contributed by atoms with Crippen molar-refractivity contribution < 1.29 is 19.8 Å². The number of guanidine groups is 2. The van der Waals surface area contributed by atoms with E-state index in [1.807, 2.05) is 0 Å².